The lowest BCUT2D eigenvalue weighted by Crippen LogP contribution is -2.16. The highest BCUT2D eigenvalue weighted by Crippen LogP contribution is 2.17. The minimum absolute atomic E-state index is 0.301. The zero-order chi connectivity index (χ0) is 9.14. The zero-order valence-electron chi connectivity index (χ0n) is 6.71. The Bertz CT molecular complexity index is 320. The molecule has 0 atom stereocenters. The van der Waals surface area contributed by atoms with Crippen molar-refractivity contribution in [3.05, 3.63) is 34.3 Å². The molecule has 0 saturated carbocycles. The second kappa shape index (κ2) is 3.45. The third-order valence-corrected chi connectivity index (χ3v) is 2.09. The normalized spacial score (nSPS) is 11.7. The summed E-state index contributed by atoms with van der Waals surface area (Å²) in [5.41, 5.74) is 7.21. The van der Waals surface area contributed by atoms with Crippen molar-refractivity contribution in [3.8, 4) is 0 Å². The Morgan fingerprint density at radius 1 is 1.50 bits per heavy atom. The number of rotatable bonds is 1. The van der Waals surface area contributed by atoms with Gasteiger partial charge in [-0.1, -0.05) is 23.7 Å². The van der Waals surface area contributed by atoms with Gasteiger partial charge in [-0.25, -0.2) is 0 Å². The van der Waals surface area contributed by atoms with E-state index in [2.05, 4.69) is 5.10 Å². The van der Waals surface area contributed by atoms with Crippen molar-refractivity contribution in [1.82, 2.24) is 0 Å². The molecule has 0 aliphatic heterocycles. The van der Waals surface area contributed by atoms with Gasteiger partial charge >= 0.3 is 0 Å². The molecule has 0 heterocycles. The van der Waals surface area contributed by atoms with Crippen molar-refractivity contribution in [1.29, 1.82) is 0 Å². The average molecular weight is 184 g/mol. The molecule has 0 aliphatic carbocycles. The molecule has 0 aliphatic rings. The van der Waals surface area contributed by atoms with Gasteiger partial charge in [0.25, 0.3) is 0 Å². The first-order valence-electron chi connectivity index (χ1n) is 3.45. The van der Waals surface area contributed by atoms with E-state index in [4.69, 9.17) is 23.2 Å². The molecule has 12 heavy (non-hydrogen) atoms. The van der Waals surface area contributed by atoms with Crippen LogP contribution >= 0.6 is 11.6 Å². The molecule has 0 spiro atoms. The van der Waals surface area contributed by atoms with E-state index in [9.17, 15) is 0 Å². The molecule has 0 fully saturated rings. The fourth-order valence-electron chi connectivity index (χ4n) is 0.954. The fraction of sp³-hybridized carbons (Fsp3) is 0.125. The Hall–Kier alpha value is -1.22. The predicted molar refractivity (Wildman–Crippen MR) is 51.1 cm³/mol. The quantitative estimate of drug-likeness (QED) is 0.298. The second-order valence-corrected chi connectivity index (χ2v) is 2.83. The molecule has 1 aromatic rings. The van der Waals surface area contributed by atoms with Crippen molar-refractivity contribution in [3.63, 3.8) is 0 Å². The standard InChI is InChI=1S/C8H10ClN3/c1-5-6(8(10)12-11)3-2-4-7(5)9/h2-4H,11H2,1H3,(H2,10,12). The van der Waals surface area contributed by atoms with Gasteiger partial charge in [-0.3, -0.25) is 0 Å². The number of hydrogen-bond donors (Lipinski definition) is 2. The maximum atomic E-state index is 5.86. The Labute approximate surface area is 76.0 Å². The van der Waals surface area contributed by atoms with E-state index in [0.717, 1.165) is 11.1 Å². The zero-order valence-corrected chi connectivity index (χ0v) is 7.47. The molecule has 1 aromatic carbocycles. The summed E-state index contributed by atoms with van der Waals surface area (Å²) >= 11 is 5.86. The maximum Gasteiger partial charge on any atom is 0.150 e. The van der Waals surface area contributed by atoms with Gasteiger partial charge in [0.05, 0.1) is 0 Å². The van der Waals surface area contributed by atoms with Crippen LogP contribution in [0.4, 0.5) is 0 Å². The number of nitrogens with zero attached hydrogens (tertiary/aromatic N) is 1. The molecular weight excluding hydrogens is 174 g/mol. The second-order valence-electron chi connectivity index (χ2n) is 2.43. The van der Waals surface area contributed by atoms with Crippen molar-refractivity contribution < 1.29 is 0 Å². The highest BCUT2D eigenvalue weighted by molar-refractivity contribution is 6.31. The lowest BCUT2D eigenvalue weighted by atomic mass is 10.1. The summed E-state index contributed by atoms with van der Waals surface area (Å²) < 4.78 is 0. The lowest BCUT2D eigenvalue weighted by molar-refractivity contribution is 1.22. The SMILES string of the molecule is Cc1c(Cl)cccc1/C(N)=N/N. The molecule has 0 saturated heterocycles. The summed E-state index contributed by atoms with van der Waals surface area (Å²) in [5, 5.41) is 4.06. The Morgan fingerprint density at radius 3 is 2.75 bits per heavy atom. The summed E-state index contributed by atoms with van der Waals surface area (Å²) in [4.78, 5) is 0. The largest absolute Gasteiger partial charge is 0.382 e. The smallest absolute Gasteiger partial charge is 0.150 e. The van der Waals surface area contributed by atoms with Gasteiger partial charge in [-0.15, -0.1) is 0 Å². The van der Waals surface area contributed by atoms with Crippen LogP contribution in [-0.4, -0.2) is 5.84 Å². The molecule has 3 nitrogen and oxygen atoms in total. The van der Waals surface area contributed by atoms with Gasteiger partial charge in [0, 0.05) is 10.6 Å². The van der Waals surface area contributed by atoms with Crippen molar-refractivity contribution in [2.24, 2.45) is 16.7 Å². The number of hydrazone groups is 1. The van der Waals surface area contributed by atoms with Crippen LogP contribution in [0.1, 0.15) is 11.1 Å². The molecule has 1 rings (SSSR count). The minimum Gasteiger partial charge on any atom is -0.382 e. The number of benzene rings is 1. The van der Waals surface area contributed by atoms with Crippen LogP contribution in [0.3, 0.4) is 0 Å². The summed E-state index contributed by atoms with van der Waals surface area (Å²) in [7, 11) is 0. The van der Waals surface area contributed by atoms with Crippen LogP contribution in [-0.2, 0) is 0 Å². The van der Waals surface area contributed by atoms with E-state index in [1.807, 2.05) is 19.1 Å². The highest BCUT2D eigenvalue weighted by Gasteiger charge is 2.04. The van der Waals surface area contributed by atoms with Gasteiger partial charge in [-0.2, -0.15) is 5.10 Å². The van der Waals surface area contributed by atoms with Gasteiger partial charge in [0.15, 0.2) is 5.84 Å². The first-order valence-corrected chi connectivity index (χ1v) is 3.83. The highest BCUT2D eigenvalue weighted by atomic mass is 35.5. The number of nitrogens with two attached hydrogens (primary N) is 2. The molecule has 0 unspecified atom stereocenters. The molecule has 64 valence electrons. The van der Waals surface area contributed by atoms with Crippen molar-refractivity contribution in [2.45, 2.75) is 6.92 Å². The van der Waals surface area contributed by atoms with E-state index in [1.165, 1.54) is 0 Å². The molecule has 0 aromatic heterocycles. The van der Waals surface area contributed by atoms with Crippen molar-refractivity contribution >= 4 is 17.4 Å². The van der Waals surface area contributed by atoms with Crippen molar-refractivity contribution in [2.75, 3.05) is 0 Å². The van der Waals surface area contributed by atoms with E-state index >= 15 is 0 Å². The van der Waals surface area contributed by atoms with Crippen LogP contribution in [0, 0.1) is 6.92 Å². The topological polar surface area (TPSA) is 64.4 Å². The van der Waals surface area contributed by atoms with Gasteiger partial charge < -0.3 is 11.6 Å². The molecule has 4 heteroatoms. The van der Waals surface area contributed by atoms with E-state index < -0.39 is 0 Å². The lowest BCUT2D eigenvalue weighted by Gasteiger charge is -2.04. The predicted octanol–water partition coefficient (Wildman–Crippen LogP) is 1.23. The first kappa shape index (κ1) is 8.87. The minimum atomic E-state index is 0.301. The Kier molecular flexibility index (Phi) is 2.55. The molecule has 4 N–H and O–H groups in total. The molecular formula is C8H10ClN3. The Balaban J connectivity index is 3.26. The Morgan fingerprint density at radius 2 is 2.17 bits per heavy atom. The summed E-state index contributed by atoms with van der Waals surface area (Å²) in [6.45, 7) is 1.87. The van der Waals surface area contributed by atoms with Gasteiger partial charge in [0.2, 0.25) is 0 Å². The first-order chi connectivity index (χ1) is 5.66. The summed E-state index contributed by atoms with van der Waals surface area (Å²) in [5.74, 6) is 5.34. The fourth-order valence-corrected chi connectivity index (χ4v) is 1.13. The number of amidine groups is 1. The third-order valence-electron chi connectivity index (χ3n) is 1.68. The van der Waals surface area contributed by atoms with E-state index in [-0.39, 0.29) is 0 Å². The van der Waals surface area contributed by atoms with Gasteiger partial charge in [-0.05, 0) is 18.6 Å². The van der Waals surface area contributed by atoms with Crippen LogP contribution in [0.25, 0.3) is 0 Å². The van der Waals surface area contributed by atoms with Crippen LogP contribution in [0.5, 0.6) is 0 Å². The number of hydrogen-bond acceptors (Lipinski definition) is 2. The van der Waals surface area contributed by atoms with E-state index in [0.29, 0.717) is 10.9 Å². The van der Waals surface area contributed by atoms with Crippen LogP contribution < -0.4 is 11.6 Å². The molecule has 0 bridgehead atoms. The summed E-state index contributed by atoms with van der Waals surface area (Å²) in [6, 6.07) is 5.43. The monoisotopic (exact) mass is 183 g/mol. The average Bonchev–Trinajstić information content (AvgIpc) is 2.08. The number of halogens is 1. The van der Waals surface area contributed by atoms with Gasteiger partial charge in [0.1, 0.15) is 0 Å². The molecule has 0 amide bonds. The third kappa shape index (κ3) is 1.51. The maximum absolute atomic E-state index is 5.86. The van der Waals surface area contributed by atoms with Crippen LogP contribution in [0.15, 0.2) is 23.3 Å². The molecule has 0 radical (unpaired) electrons. The summed E-state index contributed by atoms with van der Waals surface area (Å²) in [6.07, 6.45) is 0. The van der Waals surface area contributed by atoms with Crippen LogP contribution in [0.2, 0.25) is 5.02 Å². The van der Waals surface area contributed by atoms with E-state index in [1.54, 1.807) is 6.07 Å².